The van der Waals surface area contributed by atoms with E-state index in [1.165, 1.54) is 0 Å². The second-order valence-electron chi connectivity index (χ2n) is 5.11. The Morgan fingerprint density at radius 1 is 1.54 bits per heavy atom. The summed E-state index contributed by atoms with van der Waals surface area (Å²) in [5.41, 5.74) is -0.910. The monoisotopic (exact) mass is 187 g/mol. The molecule has 0 radical (unpaired) electrons. The van der Waals surface area contributed by atoms with E-state index in [4.69, 9.17) is 5.11 Å². The second kappa shape index (κ2) is 2.94. The maximum absolute atomic E-state index is 10.7. The molecule has 0 atom stereocenters. The van der Waals surface area contributed by atoms with Gasteiger partial charge in [0.1, 0.15) is 6.61 Å². The molecule has 0 aromatic rings. The van der Waals surface area contributed by atoms with Crippen molar-refractivity contribution in [3.8, 4) is 0 Å². The van der Waals surface area contributed by atoms with Gasteiger partial charge in [-0.2, -0.15) is 0 Å². The fraction of sp³-hybridized carbons (Fsp3) is 1.00. The normalized spacial score (nSPS) is 34.0. The van der Waals surface area contributed by atoms with Gasteiger partial charge < -0.3 is 5.11 Å². The van der Waals surface area contributed by atoms with E-state index < -0.39 is 5.54 Å². The second-order valence-corrected chi connectivity index (χ2v) is 5.11. The van der Waals surface area contributed by atoms with Crippen molar-refractivity contribution in [1.82, 2.24) is 0 Å². The van der Waals surface area contributed by atoms with E-state index in [1.807, 2.05) is 0 Å². The molecule has 1 N–H and O–H groups in total. The minimum atomic E-state index is -1.03. The SMILES string of the molecule is CC(C)(C)C1CC(CO)([N+](=O)[O-])C1. The maximum atomic E-state index is 10.7. The van der Waals surface area contributed by atoms with Gasteiger partial charge in [-0.1, -0.05) is 20.8 Å². The minimum absolute atomic E-state index is 0.120. The zero-order chi connectivity index (χ0) is 10.3. The van der Waals surface area contributed by atoms with Crippen LogP contribution in [0.3, 0.4) is 0 Å². The van der Waals surface area contributed by atoms with Crippen molar-refractivity contribution in [3.63, 3.8) is 0 Å². The number of rotatable bonds is 2. The molecule has 13 heavy (non-hydrogen) atoms. The van der Waals surface area contributed by atoms with Gasteiger partial charge in [0.25, 0.3) is 0 Å². The van der Waals surface area contributed by atoms with E-state index in [1.54, 1.807) is 0 Å². The first kappa shape index (κ1) is 10.4. The van der Waals surface area contributed by atoms with Gasteiger partial charge in [0.05, 0.1) is 0 Å². The van der Waals surface area contributed by atoms with Crippen LogP contribution in [0.1, 0.15) is 33.6 Å². The molecular formula is C9H17NO3. The summed E-state index contributed by atoms with van der Waals surface area (Å²) in [7, 11) is 0. The first-order valence-corrected chi connectivity index (χ1v) is 4.57. The van der Waals surface area contributed by atoms with Crippen molar-refractivity contribution in [1.29, 1.82) is 0 Å². The van der Waals surface area contributed by atoms with E-state index in [0.29, 0.717) is 18.8 Å². The molecule has 4 heteroatoms. The van der Waals surface area contributed by atoms with Crippen LogP contribution in [0.15, 0.2) is 0 Å². The number of hydrogen-bond acceptors (Lipinski definition) is 3. The van der Waals surface area contributed by atoms with Crippen molar-refractivity contribution in [2.45, 2.75) is 39.2 Å². The zero-order valence-corrected chi connectivity index (χ0v) is 8.41. The Hall–Kier alpha value is -0.640. The van der Waals surface area contributed by atoms with Crippen LogP contribution < -0.4 is 0 Å². The van der Waals surface area contributed by atoms with E-state index in [0.717, 1.165) is 0 Å². The molecule has 1 saturated carbocycles. The summed E-state index contributed by atoms with van der Waals surface area (Å²) >= 11 is 0. The number of aliphatic hydroxyl groups excluding tert-OH is 1. The molecule has 0 amide bonds. The number of nitrogens with zero attached hydrogens (tertiary/aromatic N) is 1. The summed E-state index contributed by atoms with van der Waals surface area (Å²) in [4.78, 5) is 10.3. The lowest BCUT2D eigenvalue weighted by atomic mass is 9.59. The van der Waals surface area contributed by atoms with Crippen LogP contribution in [0.5, 0.6) is 0 Å². The van der Waals surface area contributed by atoms with Crippen LogP contribution in [-0.2, 0) is 0 Å². The highest BCUT2D eigenvalue weighted by molar-refractivity contribution is 4.98. The molecular weight excluding hydrogens is 170 g/mol. The molecule has 1 fully saturated rings. The average Bonchev–Trinajstić information content (AvgIpc) is 1.81. The molecule has 0 aliphatic heterocycles. The molecule has 1 aliphatic rings. The highest BCUT2D eigenvalue weighted by Gasteiger charge is 2.57. The Morgan fingerprint density at radius 2 is 2.00 bits per heavy atom. The van der Waals surface area contributed by atoms with Crippen LogP contribution in [0.25, 0.3) is 0 Å². The molecule has 0 unspecified atom stereocenters. The third-order valence-corrected chi connectivity index (χ3v) is 3.16. The van der Waals surface area contributed by atoms with Gasteiger partial charge in [-0.25, -0.2) is 0 Å². The van der Waals surface area contributed by atoms with Gasteiger partial charge in [-0.15, -0.1) is 0 Å². The van der Waals surface area contributed by atoms with Gasteiger partial charge in [-0.05, 0) is 11.3 Å². The van der Waals surface area contributed by atoms with Gasteiger partial charge in [0, 0.05) is 17.8 Å². The standard InChI is InChI=1S/C9H17NO3/c1-8(2,3)7-4-9(5-7,6-11)10(12)13/h7,11H,4-6H2,1-3H3. The topological polar surface area (TPSA) is 63.4 Å². The molecule has 1 aliphatic carbocycles. The maximum Gasteiger partial charge on any atom is 0.245 e. The van der Waals surface area contributed by atoms with E-state index >= 15 is 0 Å². The molecule has 1 rings (SSSR count). The zero-order valence-electron chi connectivity index (χ0n) is 8.41. The Kier molecular flexibility index (Phi) is 2.36. The van der Waals surface area contributed by atoms with Crippen LogP contribution in [0, 0.1) is 21.4 Å². The molecule has 0 aromatic carbocycles. The Morgan fingerprint density at radius 3 is 2.23 bits per heavy atom. The first-order chi connectivity index (χ1) is 5.82. The molecule has 0 saturated heterocycles. The highest BCUT2D eigenvalue weighted by atomic mass is 16.6. The van der Waals surface area contributed by atoms with E-state index in [2.05, 4.69) is 20.8 Å². The summed E-state index contributed by atoms with van der Waals surface area (Å²) in [5, 5.41) is 19.6. The Balaban J connectivity index is 2.60. The van der Waals surface area contributed by atoms with Crippen molar-refractivity contribution in [2.24, 2.45) is 11.3 Å². The molecule has 0 aromatic heterocycles. The fourth-order valence-corrected chi connectivity index (χ4v) is 1.81. The Bertz CT molecular complexity index is 213. The molecule has 0 heterocycles. The summed E-state index contributed by atoms with van der Waals surface area (Å²) in [6.45, 7) is 5.92. The smallest absolute Gasteiger partial charge is 0.245 e. The molecule has 4 nitrogen and oxygen atoms in total. The summed E-state index contributed by atoms with van der Waals surface area (Å²) in [6.07, 6.45) is 1.03. The van der Waals surface area contributed by atoms with E-state index in [-0.39, 0.29) is 16.9 Å². The van der Waals surface area contributed by atoms with Crippen LogP contribution >= 0.6 is 0 Å². The number of nitro groups is 1. The lowest BCUT2D eigenvalue weighted by Crippen LogP contribution is -2.56. The van der Waals surface area contributed by atoms with Gasteiger partial charge in [0.2, 0.25) is 5.54 Å². The molecule has 76 valence electrons. The number of aliphatic hydroxyl groups is 1. The van der Waals surface area contributed by atoms with Crippen LogP contribution in [0.2, 0.25) is 0 Å². The summed E-state index contributed by atoms with van der Waals surface area (Å²) in [6, 6.07) is 0. The fourth-order valence-electron chi connectivity index (χ4n) is 1.81. The molecule has 0 spiro atoms. The highest BCUT2D eigenvalue weighted by Crippen LogP contribution is 2.48. The first-order valence-electron chi connectivity index (χ1n) is 4.57. The lowest BCUT2D eigenvalue weighted by Gasteiger charge is -2.45. The largest absolute Gasteiger partial charge is 0.389 e. The lowest BCUT2D eigenvalue weighted by molar-refractivity contribution is -0.596. The number of hydrogen-bond donors (Lipinski definition) is 1. The van der Waals surface area contributed by atoms with Gasteiger partial charge in [-0.3, -0.25) is 10.1 Å². The Labute approximate surface area is 78.1 Å². The molecule has 0 bridgehead atoms. The van der Waals surface area contributed by atoms with Crippen LogP contribution in [-0.4, -0.2) is 22.2 Å². The third kappa shape index (κ3) is 1.68. The predicted molar refractivity (Wildman–Crippen MR) is 49.0 cm³/mol. The minimum Gasteiger partial charge on any atom is -0.389 e. The van der Waals surface area contributed by atoms with Crippen molar-refractivity contribution in [3.05, 3.63) is 10.1 Å². The van der Waals surface area contributed by atoms with Gasteiger partial charge in [0.15, 0.2) is 0 Å². The van der Waals surface area contributed by atoms with Crippen molar-refractivity contribution in [2.75, 3.05) is 6.61 Å². The van der Waals surface area contributed by atoms with Crippen LogP contribution in [0.4, 0.5) is 0 Å². The average molecular weight is 187 g/mol. The quantitative estimate of drug-likeness (QED) is 0.525. The summed E-state index contributed by atoms with van der Waals surface area (Å²) < 4.78 is 0. The van der Waals surface area contributed by atoms with Crippen molar-refractivity contribution < 1.29 is 10.0 Å². The van der Waals surface area contributed by atoms with Gasteiger partial charge >= 0.3 is 0 Å². The van der Waals surface area contributed by atoms with Crippen molar-refractivity contribution >= 4 is 0 Å². The predicted octanol–water partition coefficient (Wildman–Crippen LogP) is 1.45. The third-order valence-electron chi connectivity index (χ3n) is 3.16. The summed E-state index contributed by atoms with van der Waals surface area (Å²) in [5.74, 6) is 0.366. The van der Waals surface area contributed by atoms with E-state index in [9.17, 15) is 10.1 Å².